The molecule has 0 aromatic carbocycles. The van der Waals surface area contributed by atoms with E-state index in [1.165, 1.54) is 6.42 Å². The van der Waals surface area contributed by atoms with Crippen molar-refractivity contribution in [2.24, 2.45) is 5.92 Å². The Labute approximate surface area is 70.8 Å². The molecule has 0 aromatic rings. The van der Waals surface area contributed by atoms with Crippen molar-refractivity contribution in [2.75, 3.05) is 13.1 Å². The minimum atomic E-state index is 0.486. The van der Waals surface area contributed by atoms with Gasteiger partial charge < -0.3 is 10.6 Å². The highest BCUT2D eigenvalue weighted by atomic mass is 15.1. The third-order valence-electron chi connectivity index (χ3n) is 1.70. The van der Waals surface area contributed by atoms with E-state index in [0.29, 0.717) is 12.1 Å². The van der Waals surface area contributed by atoms with Crippen LogP contribution in [0.2, 0.25) is 0 Å². The van der Waals surface area contributed by atoms with Gasteiger partial charge in [0.15, 0.2) is 0 Å². The van der Waals surface area contributed by atoms with Crippen LogP contribution in [-0.4, -0.2) is 19.3 Å². The van der Waals surface area contributed by atoms with Gasteiger partial charge in [-0.1, -0.05) is 27.7 Å². The monoisotopic (exact) mass is 158 g/mol. The van der Waals surface area contributed by atoms with Gasteiger partial charge in [0.25, 0.3) is 0 Å². The van der Waals surface area contributed by atoms with Gasteiger partial charge in [-0.05, 0) is 25.4 Å². The van der Waals surface area contributed by atoms with Crippen LogP contribution in [0, 0.1) is 5.92 Å². The highest BCUT2D eigenvalue weighted by molar-refractivity contribution is 4.66. The standard InChI is InChI=1S/C9H22N2/c1-5-7-11-9(8(3)4)10-6-2/h8-11H,5-7H2,1-4H3. The van der Waals surface area contributed by atoms with Gasteiger partial charge in [0.1, 0.15) is 0 Å². The summed E-state index contributed by atoms with van der Waals surface area (Å²) in [6.45, 7) is 10.9. The molecule has 0 aliphatic carbocycles. The lowest BCUT2D eigenvalue weighted by molar-refractivity contribution is 0.341. The molecule has 0 heterocycles. The van der Waals surface area contributed by atoms with E-state index in [1.54, 1.807) is 0 Å². The molecule has 0 fully saturated rings. The van der Waals surface area contributed by atoms with Gasteiger partial charge in [0.05, 0.1) is 6.17 Å². The smallest absolute Gasteiger partial charge is 0.0595 e. The number of hydrogen-bond donors (Lipinski definition) is 2. The van der Waals surface area contributed by atoms with Crippen molar-refractivity contribution in [3.63, 3.8) is 0 Å². The first-order valence-electron chi connectivity index (χ1n) is 4.69. The van der Waals surface area contributed by atoms with Crippen LogP contribution < -0.4 is 10.6 Å². The van der Waals surface area contributed by atoms with Gasteiger partial charge in [-0.2, -0.15) is 0 Å². The zero-order valence-electron chi connectivity index (χ0n) is 8.28. The molecule has 1 unspecified atom stereocenters. The molecule has 11 heavy (non-hydrogen) atoms. The Morgan fingerprint density at radius 1 is 1.09 bits per heavy atom. The maximum Gasteiger partial charge on any atom is 0.0595 e. The normalized spacial score (nSPS) is 13.9. The number of hydrogen-bond acceptors (Lipinski definition) is 2. The summed E-state index contributed by atoms with van der Waals surface area (Å²) in [6.07, 6.45) is 1.69. The van der Waals surface area contributed by atoms with Gasteiger partial charge in [-0.3, -0.25) is 0 Å². The van der Waals surface area contributed by atoms with E-state index in [2.05, 4.69) is 38.3 Å². The van der Waals surface area contributed by atoms with Crippen LogP contribution in [-0.2, 0) is 0 Å². The molecule has 2 nitrogen and oxygen atoms in total. The van der Waals surface area contributed by atoms with E-state index in [-0.39, 0.29) is 0 Å². The Kier molecular flexibility index (Phi) is 6.57. The largest absolute Gasteiger partial charge is 0.302 e. The summed E-state index contributed by atoms with van der Waals surface area (Å²) in [6, 6.07) is 0. The molecule has 0 saturated heterocycles. The van der Waals surface area contributed by atoms with Crippen molar-refractivity contribution < 1.29 is 0 Å². The van der Waals surface area contributed by atoms with Gasteiger partial charge >= 0.3 is 0 Å². The number of nitrogens with one attached hydrogen (secondary N) is 2. The Morgan fingerprint density at radius 2 is 1.73 bits per heavy atom. The second-order valence-corrected chi connectivity index (χ2v) is 3.23. The Morgan fingerprint density at radius 3 is 2.09 bits per heavy atom. The topological polar surface area (TPSA) is 24.1 Å². The maximum absolute atomic E-state index is 3.46. The van der Waals surface area contributed by atoms with Crippen LogP contribution in [0.4, 0.5) is 0 Å². The lowest BCUT2D eigenvalue weighted by Crippen LogP contribution is -2.46. The van der Waals surface area contributed by atoms with Crippen molar-refractivity contribution in [3.05, 3.63) is 0 Å². The fourth-order valence-corrected chi connectivity index (χ4v) is 1.06. The van der Waals surface area contributed by atoms with Crippen molar-refractivity contribution in [1.82, 2.24) is 10.6 Å². The molecule has 0 radical (unpaired) electrons. The first-order valence-corrected chi connectivity index (χ1v) is 4.69. The van der Waals surface area contributed by atoms with Crippen LogP contribution >= 0.6 is 0 Å². The summed E-state index contributed by atoms with van der Waals surface area (Å²) in [5, 5.41) is 6.86. The third kappa shape index (κ3) is 5.22. The van der Waals surface area contributed by atoms with E-state index in [1.807, 2.05) is 0 Å². The van der Waals surface area contributed by atoms with Crippen LogP contribution in [0.25, 0.3) is 0 Å². The average Bonchev–Trinajstić information content (AvgIpc) is 1.97. The molecule has 0 spiro atoms. The first kappa shape index (κ1) is 10.9. The number of rotatable bonds is 6. The Balaban J connectivity index is 3.51. The van der Waals surface area contributed by atoms with Gasteiger partial charge in [0.2, 0.25) is 0 Å². The molecular formula is C9H22N2. The minimum absolute atomic E-state index is 0.486. The molecule has 0 bridgehead atoms. The van der Waals surface area contributed by atoms with Crippen molar-refractivity contribution in [1.29, 1.82) is 0 Å². The third-order valence-corrected chi connectivity index (χ3v) is 1.70. The Hall–Kier alpha value is -0.0800. The highest BCUT2D eigenvalue weighted by Crippen LogP contribution is 1.97. The fraction of sp³-hybridized carbons (Fsp3) is 1.00. The zero-order valence-corrected chi connectivity index (χ0v) is 8.28. The predicted molar refractivity (Wildman–Crippen MR) is 50.6 cm³/mol. The van der Waals surface area contributed by atoms with Crippen LogP contribution in [0.5, 0.6) is 0 Å². The average molecular weight is 158 g/mol. The van der Waals surface area contributed by atoms with Crippen LogP contribution in [0.3, 0.4) is 0 Å². The van der Waals surface area contributed by atoms with Gasteiger partial charge in [-0.15, -0.1) is 0 Å². The van der Waals surface area contributed by atoms with Crippen LogP contribution in [0.15, 0.2) is 0 Å². The molecule has 1 atom stereocenters. The predicted octanol–water partition coefficient (Wildman–Crippen LogP) is 1.58. The summed E-state index contributed by atoms with van der Waals surface area (Å²) in [5.74, 6) is 0.668. The van der Waals surface area contributed by atoms with E-state index in [0.717, 1.165) is 13.1 Å². The molecule has 2 heteroatoms. The molecule has 68 valence electrons. The summed E-state index contributed by atoms with van der Waals surface area (Å²) in [7, 11) is 0. The summed E-state index contributed by atoms with van der Waals surface area (Å²) >= 11 is 0. The molecule has 2 N–H and O–H groups in total. The second-order valence-electron chi connectivity index (χ2n) is 3.23. The Bertz CT molecular complexity index is 81.6. The lowest BCUT2D eigenvalue weighted by atomic mass is 10.1. The first-order chi connectivity index (χ1) is 5.22. The lowest BCUT2D eigenvalue weighted by Gasteiger charge is -2.22. The minimum Gasteiger partial charge on any atom is -0.302 e. The van der Waals surface area contributed by atoms with Crippen molar-refractivity contribution in [2.45, 2.75) is 40.3 Å². The molecule has 0 saturated carbocycles. The van der Waals surface area contributed by atoms with Crippen LogP contribution in [0.1, 0.15) is 34.1 Å². The molecule has 0 aromatic heterocycles. The molecular weight excluding hydrogens is 136 g/mol. The van der Waals surface area contributed by atoms with E-state index >= 15 is 0 Å². The van der Waals surface area contributed by atoms with Crippen molar-refractivity contribution in [3.8, 4) is 0 Å². The van der Waals surface area contributed by atoms with E-state index in [4.69, 9.17) is 0 Å². The van der Waals surface area contributed by atoms with Gasteiger partial charge in [0, 0.05) is 0 Å². The van der Waals surface area contributed by atoms with Crippen molar-refractivity contribution >= 4 is 0 Å². The molecule has 0 amide bonds. The quantitative estimate of drug-likeness (QED) is 0.573. The summed E-state index contributed by atoms with van der Waals surface area (Å²) < 4.78 is 0. The fourth-order valence-electron chi connectivity index (χ4n) is 1.06. The molecule has 0 aliphatic rings. The van der Waals surface area contributed by atoms with Gasteiger partial charge in [-0.25, -0.2) is 0 Å². The summed E-state index contributed by atoms with van der Waals surface area (Å²) in [4.78, 5) is 0. The van der Waals surface area contributed by atoms with E-state index < -0.39 is 0 Å². The van der Waals surface area contributed by atoms with E-state index in [9.17, 15) is 0 Å². The second kappa shape index (κ2) is 6.62. The highest BCUT2D eigenvalue weighted by Gasteiger charge is 2.08. The molecule has 0 aliphatic heterocycles. The zero-order chi connectivity index (χ0) is 8.69. The summed E-state index contributed by atoms with van der Waals surface area (Å²) in [5.41, 5.74) is 0. The molecule has 0 rings (SSSR count). The maximum atomic E-state index is 3.46. The SMILES string of the molecule is CCCNC(NCC)C(C)C.